The standard InChI is InChI=1S/C11H17BrN2O/c1-3-8(4-2)14-11(15)9(12)10(13-14)7-5-6-7/h7-8,13H,3-6H2,1-2H3. The number of aromatic amines is 1. The summed E-state index contributed by atoms with van der Waals surface area (Å²) in [6.45, 7) is 4.23. The highest BCUT2D eigenvalue weighted by molar-refractivity contribution is 9.10. The van der Waals surface area contributed by atoms with Crippen LogP contribution < -0.4 is 5.56 Å². The lowest BCUT2D eigenvalue weighted by Gasteiger charge is -2.12. The number of H-pyrrole nitrogens is 1. The van der Waals surface area contributed by atoms with Crippen molar-refractivity contribution in [1.29, 1.82) is 0 Å². The average Bonchev–Trinajstić information content (AvgIpc) is 3.02. The zero-order valence-electron chi connectivity index (χ0n) is 9.22. The molecule has 4 heteroatoms. The molecule has 1 saturated carbocycles. The Morgan fingerprint density at radius 2 is 2.07 bits per heavy atom. The van der Waals surface area contributed by atoms with Crippen LogP contribution in [0.1, 0.15) is 57.2 Å². The molecule has 0 aromatic carbocycles. The molecular weight excluding hydrogens is 256 g/mol. The van der Waals surface area contributed by atoms with Gasteiger partial charge in [-0.15, -0.1) is 0 Å². The summed E-state index contributed by atoms with van der Waals surface area (Å²) in [6, 6.07) is 0.307. The third-order valence-corrected chi connectivity index (χ3v) is 3.94. The van der Waals surface area contributed by atoms with Crippen molar-refractivity contribution >= 4 is 15.9 Å². The van der Waals surface area contributed by atoms with E-state index in [4.69, 9.17) is 0 Å². The van der Waals surface area contributed by atoms with E-state index in [1.165, 1.54) is 12.8 Å². The Labute approximate surface area is 98.0 Å². The minimum atomic E-state index is 0.102. The minimum Gasteiger partial charge on any atom is -0.298 e. The molecule has 1 heterocycles. The highest BCUT2D eigenvalue weighted by atomic mass is 79.9. The number of nitrogens with zero attached hydrogens (tertiary/aromatic N) is 1. The summed E-state index contributed by atoms with van der Waals surface area (Å²) in [5, 5.41) is 3.27. The van der Waals surface area contributed by atoms with E-state index in [2.05, 4.69) is 34.9 Å². The van der Waals surface area contributed by atoms with Crippen LogP contribution in [-0.4, -0.2) is 9.78 Å². The number of nitrogens with one attached hydrogen (secondary N) is 1. The van der Waals surface area contributed by atoms with Crippen LogP contribution in [0.3, 0.4) is 0 Å². The van der Waals surface area contributed by atoms with Crippen LogP contribution in [-0.2, 0) is 0 Å². The van der Waals surface area contributed by atoms with Crippen molar-refractivity contribution in [3.05, 3.63) is 20.5 Å². The van der Waals surface area contributed by atoms with Gasteiger partial charge in [-0.2, -0.15) is 0 Å². The third-order valence-electron chi connectivity index (χ3n) is 3.18. The first kappa shape index (κ1) is 11.0. The number of hydrogen-bond donors (Lipinski definition) is 1. The molecule has 1 aromatic rings. The first-order valence-corrected chi connectivity index (χ1v) is 6.48. The van der Waals surface area contributed by atoms with Gasteiger partial charge < -0.3 is 0 Å². The molecule has 2 rings (SSSR count). The minimum absolute atomic E-state index is 0.102. The van der Waals surface area contributed by atoms with Gasteiger partial charge >= 0.3 is 0 Å². The summed E-state index contributed by atoms with van der Waals surface area (Å²) in [5.74, 6) is 0.586. The van der Waals surface area contributed by atoms with Crippen LogP contribution >= 0.6 is 15.9 Å². The van der Waals surface area contributed by atoms with Crippen molar-refractivity contribution in [2.24, 2.45) is 0 Å². The van der Waals surface area contributed by atoms with Gasteiger partial charge in [0.25, 0.3) is 5.56 Å². The SMILES string of the molecule is CCC(CC)n1[nH]c(C2CC2)c(Br)c1=O. The summed E-state index contributed by atoms with van der Waals surface area (Å²) in [4.78, 5) is 12.0. The number of aromatic nitrogens is 2. The van der Waals surface area contributed by atoms with Crippen molar-refractivity contribution in [2.75, 3.05) is 0 Å². The molecule has 0 radical (unpaired) electrons. The highest BCUT2D eigenvalue weighted by Gasteiger charge is 2.30. The molecule has 0 aliphatic heterocycles. The molecule has 0 saturated heterocycles. The molecule has 1 aliphatic carbocycles. The first-order chi connectivity index (χ1) is 7.19. The van der Waals surface area contributed by atoms with Crippen molar-refractivity contribution < 1.29 is 0 Å². The van der Waals surface area contributed by atoms with Crippen LogP contribution in [0, 0.1) is 0 Å². The van der Waals surface area contributed by atoms with E-state index in [9.17, 15) is 4.79 Å². The summed E-state index contributed by atoms with van der Waals surface area (Å²) >= 11 is 3.40. The molecular formula is C11H17BrN2O. The van der Waals surface area contributed by atoms with E-state index in [1.54, 1.807) is 4.68 Å². The summed E-state index contributed by atoms with van der Waals surface area (Å²) in [5.41, 5.74) is 1.21. The lowest BCUT2D eigenvalue weighted by atomic mass is 10.2. The molecule has 1 fully saturated rings. The zero-order chi connectivity index (χ0) is 11.0. The Hall–Kier alpha value is -0.510. The second-order valence-electron chi connectivity index (χ2n) is 4.26. The lowest BCUT2D eigenvalue weighted by Crippen LogP contribution is -2.21. The quantitative estimate of drug-likeness (QED) is 0.898. The topological polar surface area (TPSA) is 37.8 Å². The Morgan fingerprint density at radius 3 is 2.53 bits per heavy atom. The van der Waals surface area contributed by atoms with Crippen LogP contribution in [0.5, 0.6) is 0 Å². The van der Waals surface area contributed by atoms with Crippen molar-refractivity contribution in [2.45, 2.75) is 51.5 Å². The number of halogens is 1. The monoisotopic (exact) mass is 272 g/mol. The van der Waals surface area contributed by atoms with E-state index < -0.39 is 0 Å². The van der Waals surface area contributed by atoms with Gasteiger partial charge in [-0.1, -0.05) is 13.8 Å². The maximum absolute atomic E-state index is 12.0. The Balaban J connectivity index is 2.39. The maximum Gasteiger partial charge on any atom is 0.281 e. The molecule has 1 aliphatic rings. The maximum atomic E-state index is 12.0. The molecule has 0 amide bonds. The Bertz CT molecular complexity index is 399. The van der Waals surface area contributed by atoms with E-state index >= 15 is 0 Å². The van der Waals surface area contributed by atoms with Crippen molar-refractivity contribution in [3.63, 3.8) is 0 Å². The van der Waals surface area contributed by atoms with Gasteiger partial charge in [0.2, 0.25) is 0 Å². The number of hydrogen-bond acceptors (Lipinski definition) is 1. The Kier molecular flexibility index (Phi) is 3.05. The van der Waals surface area contributed by atoms with E-state index in [0.717, 1.165) is 23.0 Å². The molecule has 0 spiro atoms. The van der Waals surface area contributed by atoms with Crippen molar-refractivity contribution in [3.8, 4) is 0 Å². The zero-order valence-corrected chi connectivity index (χ0v) is 10.8. The van der Waals surface area contributed by atoms with Gasteiger partial charge in [-0.05, 0) is 41.6 Å². The second-order valence-corrected chi connectivity index (χ2v) is 5.05. The van der Waals surface area contributed by atoms with Crippen LogP contribution in [0.25, 0.3) is 0 Å². The lowest BCUT2D eigenvalue weighted by molar-refractivity contribution is 0.415. The molecule has 0 atom stereocenters. The molecule has 1 aromatic heterocycles. The summed E-state index contributed by atoms with van der Waals surface area (Å²) in [6.07, 6.45) is 4.41. The third kappa shape index (κ3) is 1.92. The first-order valence-electron chi connectivity index (χ1n) is 5.68. The molecule has 0 bridgehead atoms. The highest BCUT2D eigenvalue weighted by Crippen LogP contribution is 2.41. The summed E-state index contributed by atoms with van der Waals surface area (Å²) in [7, 11) is 0. The summed E-state index contributed by atoms with van der Waals surface area (Å²) < 4.78 is 2.54. The fourth-order valence-corrected chi connectivity index (χ4v) is 2.61. The molecule has 3 nitrogen and oxygen atoms in total. The molecule has 15 heavy (non-hydrogen) atoms. The van der Waals surface area contributed by atoms with Gasteiger partial charge in [0.05, 0.1) is 11.7 Å². The van der Waals surface area contributed by atoms with E-state index in [1.807, 2.05) is 0 Å². The van der Waals surface area contributed by atoms with Gasteiger partial charge in [0.15, 0.2) is 0 Å². The van der Waals surface area contributed by atoms with Crippen LogP contribution in [0.15, 0.2) is 9.27 Å². The second kappa shape index (κ2) is 4.16. The van der Waals surface area contributed by atoms with Crippen LogP contribution in [0.4, 0.5) is 0 Å². The van der Waals surface area contributed by atoms with Crippen molar-refractivity contribution in [1.82, 2.24) is 9.78 Å². The fourth-order valence-electron chi connectivity index (χ4n) is 2.00. The van der Waals surface area contributed by atoms with E-state index in [0.29, 0.717) is 12.0 Å². The Morgan fingerprint density at radius 1 is 1.47 bits per heavy atom. The average molecular weight is 273 g/mol. The smallest absolute Gasteiger partial charge is 0.281 e. The van der Waals surface area contributed by atoms with Gasteiger partial charge in [0, 0.05) is 5.92 Å². The molecule has 0 unspecified atom stereocenters. The largest absolute Gasteiger partial charge is 0.298 e. The van der Waals surface area contributed by atoms with Gasteiger partial charge in [-0.3, -0.25) is 9.89 Å². The number of rotatable bonds is 4. The molecule has 84 valence electrons. The fraction of sp³-hybridized carbons (Fsp3) is 0.727. The van der Waals surface area contributed by atoms with E-state index in [-0.39, 0.29) is 5.56 Å². The normalized spacial score (nSPS) is 16.3. The predicted octanol–water partition coefficient (Wildman–Crippen LogP) is 3.18. The van der Waals surface area contributed by atoms with Gasteiger partial charge in [0.1, 0.15) is 4.47 Å². The van der Waals surface area contributed by atoms with Gasteiger partial charge in [-0.25, -0.2) is 4.68 Å². The van der Waals surface area contributed by atoms with Crippen LogP contribution in [0.2, 0.25) is 0 Å². The molecule has 1 N–H and O–H groups in total. The predicted molar refractivity (Wildman–Crippen MR) is 64.3 cm³/mol.